The Bertz CT molecular complexity index is 1180. The number of H-pyrrole nitrogens is 1. The van der Waals surface area contributed by atoms with Crippen molar-refractivity contribution in [2.75, 3.05) is 25.1 Å². The molecular weight excluding hydrogens is 392 g/mol. The molecule has 0 unspecified atom stereocenters. The summed E-state index contributed by atoms with van der Waals surface area (Å²) in [4.78, 5) is 29.0. The zero-order valence-corrected chi connectivity index (χ0v) is 16.8. The van der Waals surface area contributed by atoms with E-state index in [1.165, 1.54) is 6.33 Å². The molecule has 0 atom stereocenters. The number of hydrogen-bond donors (Lipinski definition) is 2. The fraction of sp³-hybridized carbons (Fsp3) is 0.263. The molecule has 0 aliphatic rings. The number of fused-ring (bicyclic) bond motifs is 1. The average Bonchev–Trinajstić information content (AvgIpc) is 3.24. The van der Waals surface area contributed by atoms with Gasteiger partial charge in [0.05, 0.1) is 17.7 Å². The first-order valence-electron chi connectivity index (χ1n) is 8.97. The summed E-state index contributed by atoms with van der Waals surface area (Å²) in [5.41, 5.74) is 2.53. The van der Waals surface area contributed by atoms with E-state index < -0.39 is 0 Å². The first-order chi connectivity index (χ1) is 14.0. The van der Waals surface area contributed by atoms with Gasteiger partial charge in [0.1, 0.15) is 18.7 Å². The van der Waals surface area contributed by atoms with E-state index in [2.05, 4.69) is 19.9 Å². The van der Waals surface area contributed by atoms with E-state index in [9.17, 15) is 9.90 Å². The van der Waals surface area contributed by atoms with E-state index in [0.717, 1.165) is 39.6 Å². The minimum absolute atomic E-state index is 0.0601. The zero-order chi connectivity index (χ0) is 20.4. The third kappa shape index (κ3) is 4.06. The van der Waals surface area contributed by atoms with Crippen molar-refractivity contribution in [3.8, 4) is 11.6 Å². The van der Waals surface area contributed by atoms with Crippen LogP contribution in [0.25, 0.3) is 11.2 Å². The molecule has 3 aromatic heterocycles. The number of anilines is 1. The van der Waals surface area contributed by atoms with Gasteiger partial charge in [-0.15, -0.1) is 0 Å². The molecule has 0 bridgehead atoms. The largest absolute Gasteiger partial charge is 0.494 e. The molecule has 2 N–H and O–H groups in total. The van der Waals surface area contributed by atoms with Crippen LogP contribution < -0.4 is 14.5 Å². The Morgan fingerprint density at radius 3 is 2.76 bits per heavy atom. The van der Waals surface area contributed by atoms with Gasteiger partial charge in [0.15, 0.2) is 17.0 Å². The van der Waals surface area contributed by atoms with Gasteiger partial charge in [-0.3, -0.25) is 9.78 Å². The molecule has 0 saturated carbocycles. The Labute approximate surface area is 170 Å². The number of thiazole rings is 1. The lowest BCUT2D eigenvalue weighted by Gasteiger charge is -2.18. The van der Waals surface area contributed by atoms with Gasteiger partial charge < -0.3 is 19.3 Å². The van der Waals surface area contributed by atoms with Crippen molar-refractivity contribution in [1.29, 1.82) is 0 Å². The number of likely N-dealkylation sites (N-methyl/N-ethyl adjacent to an activating group) is 1. The molecule has 150 valence electrons. The molecule has 0 fully saturated rings. The summed E-state index contributed by atoms with van der Waals surface area (Å²) in [7, 11) is 3.84. The second-order valence-corrected chi connectivity index (χ2v) is 7.67. The quantitative estimate of drug-likeness (QED) is 0.477. The van der Waals surface area contributed by atoms with Crippen molar-refractivity contribution in [3.05, 3.63) is 57.0 Å². The Morgan fingerprint density at radius 1 is 1.24 bits per heavy atom. The molecule has 29 heavy (non-hydrogen) atoms. The fourth-order valence-electron chi connectivity index (χ4n) is 2.98. The first-order valence-corrected chi connectivity index (χ1v) is 9.79. The van der Waals surface area contributed by atoms with Gasteiger partial charge in [-0.1, -0.05) is 23.5 Å². The van der Waals surface area contributed by atoms with Crippen LogP contribution in [0.1, 0.15) is 10.4 Å². The normalized spacial score (nSPS) is 11.1. The van der Waals surface area contributed by atoms with Crippen molar-refractivity contribution >= 4 is 28.3 Å². The minimum atomic E-state index is -0.256. The standard InChI is InChI=1S/C19H20N6O3S/c1-24(16-15-17(21-10-20-16)25(2)11-22-15)7-8-28-13-5-3-12(4-6-13)9-14-18(26)23-19(27)29-14/h3-6,10-11,26H,7-9H2,1-2H3,(H,23,27). The molecule has 4 rings (SSSR count). The maximum absolute atomic E-state index is 11.3. The van der Waals surface area contributed by atoms with E-state index >= 15 is 0 Å². The minimum Gasteiger partial charge on any atom is -0.494 e. The summed E-state index contributed by atoms with van der Waals surface area (Å²) < 4.78 is 7.69. The third-order valence-electron chi connectivity index (χ3n) is 4.52. The number of ether oxygens (including phenoxy) is 1. The highest BCUT2D eigenvalue weighted by Crippen LogP contribution is 2.22. The van der Waals surface area contributed by atoms with E-state index in [1.54, 1.807) is 6.33 Å². The number of hydrogen-bond acceptors (Lipinski definition) is 8. The maximum atomic E-state index is 11.3. The van der Waals surface area contributed by atoms with Crippen LogP contribution in [-0.4, -0.2) is 49.8 Å². The number of nitrogens with one attached hydrogen (secondary N) is 1. The van der Waals surface area contributed by atoms with Crippen LogP contribution in [0.2, 0.25) is 0 Å². The molecule has 1 aromatic carbocycles. The SMILES string of the molecule is CN(CCOc1ccc(Cc2sc(=O)[nH]c2O)cc1)c1ncnc2c1ncn2C. The Morgan fingerprint density at radius 2 is 2.03 bits per heavy atom. The Kier molecular flexibility index (Phi) is 5.17. The molecule has 0 spiro atoms. The highest BCUT2D eigenvalue weighted by atomic mass is 32.1. The molecule has 0 radical (unpaired) electrons. The van der Waals surface area contributed by atoms with Gasteiger partial charge in [0, 0.05) is 20.5 Å². The van der Waals surface area contributed by atoms with Gasteiger partial charge >= 0.3 is 4.87 Å². The van der Waals surface area contributed by atoms with Crippen LogP contribution in [0.3, 0.4) is 0 Å². The van der Waals surface area contributed by atoms with Gasteiger partial charge in [-0.25, -0.2) is 15.0 Å². The van der Waals surface area contributed by atoms with E-state index in [1.807, 2.05) is 47.8 Å². The van der Waals surface area contributed by atoms with Crippen LogP contribution in [0.4, 0.5) is 5.82 Å². The monoisotopic (exact) mass is 412 g/mol. The Balaban J connectivity index is 1.34. The molecule has 9 nitrogen and oxygen atoms in total. The van der Waals surface area contributed by atoms with Gasteiger partial charge in [-0.05, 0) is 17.7 Å². The van der Waals surface area contributed by atoms with Crippen LogP contribution in [-0.2, 0) is 13.5 Å². The summed E-state index contributed by atoms with van der Waals surface area (Å²) >= 11 is 1.02. The van der Waals surface area contributed by atoms with Crippen molar-refractivity contribution in [3.63, 3.8) is 0 Å². The molecular formula is C19H20N6O3S. The fourth-order valence-corrected chi connectivity index (χ4v) is 3.74. The number of imidazole rings is 1. The molecule has 3 heterocycles. The zero-order valence-electron chi connectivity index (χ0n) is 16.0. The highest BCUT2D eigenvalue weighted by molar-refractivity contribution is 7.09. The molecule has 0 aliphatic heterocycles. The predicted molar refractivity (Wildman–Crippen MR) is 111 cm³/mol. The number of rotatable bonds is 7. The van der Waals surface area contributed by atoms with Gasteiger partial charge in [0.25, 0.3) is 0 Å². The van der Waals surface area contributed by atoms with E-state index in [4.69, 9.17) is 4.74 Å². The summed E-state index contributed by atoms with van der Waals surface area (Å²) in [6.07, 6.45) is 3.75. The van der Waals surface area contributed by atoms with Crippen molar-refractivity contribution in [2.24, 2.45) is 7.05 Å². The van der Waals surface area contributed by atoms with Crippen LogP contribution in [0, 0.1) is 0 Å². The number of aromatic amines is 1. The topological polar surface area (TPSA) is 109 Å². The number of nitrogens with zero attached hydrogens (tertiary/aromatic N) is 5. The molecule has 4 aromatic rings. The molecule has 10 heteroatoms. The Hall–Kier alpha value is -3.40. The van der Waals surface area contributed by atoms with Crippen LogP contribution in [0.5, 0.6) is 11.6 Å². The van der Waals surface area contributed by atoms with Crippen molar-refractivity contribution in [1.82, 2.24) is 24.5 Å². The summed E-state index contributed by atoms with van der Waals surface area (Å²) in [6, 6.07) is 7.60. The van der Waals surface area contributed by atoms with E-state index in [-0.39, 0.29) is 10.8 Å². The third-order valence-corrected chi connectivity index (χ3v) is 5.39. The van der Waals surface area contributed by atoms with Crippen molar-refractivity contribution in [2.45, 2.75) is 6.42 Å². The van der Waals surface area contributed by atoms with Crippen LogP contribution in [0.15, 0.2) is 41.7 Å². The van der Waals surface area contributed by atoms with Crippen molar-refractivity contribution < 1.29 is 9.84 Å². The summed E-state index contributed by atoms with van der Waals surface area (Å²) in [5.74, 6) is 1.45. The summed E-state index contributed by atoms with van der Waals surface area (Å²) in [5, 5.41) is 9.69. The van der Waals surface area contributed by atoms with Gasteiger partial charge in [-0.2, -0.15) is 0 Å². The van der Waals surface area contributed by atoms with Crippen LogP contribution >= 0.6 is 11.3 Å². The van der Waals surface area contributed by atoms with E-state index in [0.29, 0.717) is 24.4 Å². The smallest absolute Gasteiger partial charge is 0.307 e. The lowest BCUT2D eigenvalue weighted by atomic mass is 10.1. The highest BCUT2D eigenvalue weighted by Gasteiger charge is 2.12. The number of aryl methyl sites for hydroxylation is 1. The molecule has 0 amide bonds. The second kappa shape index (κ2) is 7.92. The second-order valence-electron chi connectivity index (χ2n) is 6.60. The molecule has 0 aliphatic carbocycles. The predicted octanol–water partition coefficient (Wildman–Crippen LogP) is 1.92. The molecule has 0 saturated heterocycles. The first kappa shape index (κ1) is 18.9. The lowest BCUT2D eigenvalue weighted by Crippen LogP contribution is -2.25. The summed E-state index contributed by atoms with van der Waals surface area (Å²) in [6.45, 7) is 1.12. The average molecular weight is 412 g/mol. The lowest BCUT2D eigenvalue weighted by molar-refractivity contribution is 0.325. The number of aromatic hydroxyl groups is 1. The number of aromatic nitrogens is 5. The van der Waals surface area contributed by atoms with Gasteiger partial charge in [0.2, 0.25) is 5.88 Å². The number of benzene rings is 1. The maximum Gasteiger partial charge on any atom is 0.307 e.